The molecule has 3 aromatic carbocycles. The first kappa shape index (κ1) is 28.6. The van der Waals surface area contributed by atoms with E-state index in [4.69, 9.17) is 9.47 Å². The number of aryl methyl sites for hydroxylation is 1. The largest absolute Gasteiger partial charge is 0.490 e. The molecular weight excluding hydrogens is 531 g/mol. The van der Waals surface area contributed by atoms with Crippen LogP contribution in [0.15, 0.2) is 78.2 Å². The maximum Gasteiger partial charge on any atom is 0.294 e. The smallest absolute Gasteiger partial charge is 0.294 e. The van der Waals surface area contributed by atoms with E-state index in [1.165, 1.54) is 18.2 Å². The zero-order chi connectivity index (χ0) is 28.6. The number of carbonyl (C=O) groups is 3. The van der Waals surface area contributed by atoms with Gasteiger partial charge in [-0.25, -0.2) is 4.39 Å². The number of hydrogen-bond donors (Lipinski definition) is 1. The van der Waals surface area contributed by atoms with Crippen LogP contribution in [0.2, 0.25) is 0 Å². The van der Waals surface area contributed by atoms with Crippen LogP contribution in [-0.2, 0) is 22.6 Å². The van der Waals surface area contributed by atoms with Gasteiger partial charge in [0.15, 0.2) is 11.5 Å². The molecule has 4 rings (SSSR count). The number of allylic oxidation sites excluding steroid dienone is 1. The highest BCUT2D eigenvalue weighted by Gasteiger charge is 2.36. The molecule has 3 amide bonds. The number of benzene rings is 3. The fourth-order valence-electron chi connectivity index (χ4n) is 4.04. The second-order valence-corrected chi connectivity index (χ2v) is 10.0. The molecule has 1 aliphatic heterocycles. The Morgan fingerprint density at radius 1 is 1.10 bits per heavy atom. The molecule has 206 valence electrons. The topological polar surface area (TPSA) is 84.9 Å². The van der Waals surface area contributed by atoms with Gasteiger partial charge in [-0.2, -0.15) is 0 Å². The predicted molar refractivity (Wildman–Crippen MR) is 155 cm³/mol. The van der Waals surface area contributed by atoms with Gasteiger partial charge in [-0.1, -0.05) is 42.0 Å². The molecule has 1 fully saturated rings. The average Bonchev–Trinajstić information content (AvgIpc) is 3.16. The summed E-state index contributed by atoms with van der Waals surface area (Å²) >= 11 is 0.745. The van der Waals surface area contributed by atoms with E-state index in [1.54, 1.807) is 18.2 Å². The first-order valence-electron chi connectivity index (χ1n) is 12.7. The minimum absolute atomic E-state index is 0.170. The molecule has 1 heterocycles. The van der Waals surface area contributed by atoms with Crippen molar-refractivity contribution in [2.45, 2.75) is 26.9 Å². The number of anilines is 1. The number of hydrogen-bond acceptors (Lipinski definition) is 6. The van der Waals surface area contributed by atoms with Crippen LogP contribution in [0.1, 0.15) is 29.2 Å². The molecule has 1 aliphatic rings. The summed E-state index contributed by atoms with van der Waals surface area (Å²) in [6.45, 7) is 7.99. The van der Waals surface area contributed by atoms with Crippen molar-refractivity contribution < 1.29 is 28.2 Å². The Balaban J connectivity index is 1.54. The normalized spacial score (nSPS) is 14.0. The summed E-state index contributed by atoms with van der Waals surface area (Å²) in [7, 11) is 0. The standard InChI is InChI=1S/C31H29FN2O5S/c1-4-7-23-14-22(15-26(38-5-2)29(23)39-19-21-12-10-20(3)11-13-21)16-27-30(36)34(31(37)40-27)18-28(35)33-25-9-6-8-24(32)17-25/h4,6,8-17H,1,5,7,18-19H2,2-3H3,(H,33,35)/b27-16+. The highest BCUT2D eigenvalue weighted by atomic mass is 32.2. The number of amides is 3. The summed E-state index contributed by atoms with van der Waals surface area (Å²) in [5.74, 6) is -0.625. The van der Waals surface area contributed by atoms with Gasteiger partial charge in [0.1, 0.15) is 19.0 Å². The summed E-state index contributed by atoms with van der Waals surface area (Å²) < 4.78 is 25.5. The molecule has 0 radical (unpaired) electrons. The Kier molecular flexibility index (Phi) is 9.39. The molecule has 0 bridgehead atoms. The van der Waals surface area contributed by atoms with Crippen molar-refractivity contribution in [2.24, 2.45) is 0 Å². The van der Waals surface area contributed by atoms with E-state index < -0.39 is 29.4 Å². The van der Waals surface area contributed by atoms with Crippen molar-refractivity contribution in [1.82, 2.24) is 4.90 Å². The molecule has 0 spiro atoms. The molecule has 1 saturated heterocycles. The van der Waals surface area contributed by atoms with Crippen molar-refractivity contribution in [3.05, 3.63) is 106 Å². The quantitative estimate of drug-likeness (QED) is 0.212. The van der Waals surface area contributed by atoms with Gasteiger partial charge in [0.05, 0.1) is 11.5 Å². The van der Waals surface area contributed by atoms with Crippen LogP contribution in [0, 0.1) is 12.7 Å². The van der Waals surface area contributed by atoms with Crippen molar-refractivity contribution >= 4 is 40.6 Å². The molecular formula is C31H29FN2O5S. The van der Waals surface area contributed by atoms with Crippen LogP contribution in [0.3, 0.4) is 0 Å². The first-order chi connectivity index (χ1) is 19.3. The molecule has 40 heavy (non-hydrogen) atoms. The molecule has 9 heteroatoms. The van der Waals surface area contributed by atoms with Crippen LogP contribution >= 0.6 is 11.8 Å². The van der Waals surface area contributed by atoms with Gasteiger partial charge >= 0.3 is 0 Å². The van der Waals surface area contributed by atoms with Gasteiger partial charge in [-0.15, -0.1) is 6.58 Å². The lowest BCUT2D eigenvalue weighted by Gasteiger charge is -2.17. The van der Waals surface area contributed by atoms with Gasteiger partial charge in [0.2, 0.25) is 5.91 Å². The minimum Gasteiger partial charge on any atom is -0.490 e. The predicted octanol–water partition coefficient (Wildman–Crippen LogP) is 6.52. The zero-order valence-corrected chi connectivity index (χ0v) is 23.1. The summed E-state index contributed by atoms with van der Waals surface area (Å²) in [6.07, 6.45) is 3.83. The average molecular weight is 561 g/mol. The van der Waals surface area contributed by atoms with E-state index in [0.717, 1.165) is 39.4 Å². The highest BCUT2D eigenvalue weighted by molar-refractivity contribution is 8.18. The second-order valence-electron chi connectivity index (χ2n) is 9.03. The Morgan fingerprint density at radius 3 is 2.58 bits per heavy atom. The third kappa shape index (κ3) is 7.18. The monoisotopic (exact) mass is 560 g/mol. The van der Waals surface area contributed by atoms with E-state index in [9.17, 15) is 18.8 Å². The second kappa shape index (κ2) is 13.1. The number of nitrogens with zero attached hydrogens (tertiary/aromatic N) is 1. The third-order valence-corrected chi connectivity index (χ3v) is 6.81. The van der Waals surface area contributed by atoms with Gasteiger partial charge < -0.3 is 14.8 Å². The molecule has 1 N–H and O–H groups in total. The number of carbonyl (C=O) groups excluding carboxylic acids is 3. The van der Waals surface area contributed by atoms with E-state index in [1.807, 2.05) is 44.2 Å². The van der Waals surface area contributed by atoms with Crippen molar-refractivity contribution in [3.8, 4) is 11.5 Å². The molecule has 0 saturated carbocycles. The maximum atomic E-state index is 13.4. The van der Waals surface area contributed by atoms with Crippen molar-refractivity contribution in [1.29, 1.82) is 0 Å². The fourth-order valence-corrected chi connectivity index (χ4v) is 4.88. The van der Waals surface area contributed by atoms with Crippen LogP contribution in [0.5, 0.6) is 11.5 Å². The Morgan fingerprint density at radius 2 is 1.88 bits per heavy atom. The number of halogens is 1. The van der Waals surface area contributed by atoms with Crippen LogP contribution in [0.4, 0.5) is 14.9 Å². The number of nitrogens with one attached hydrogen (secondary N) is 1. The highest BCUT2D eigenvalue weighted by Crippen LogP contribution is 2.37. The molecule has 0 atom stereocenters. The Hall–Kier alpha value is -4.37. The van der Waals surface area contributed by atoms with E-state index >= 15 is 0 Å². The number of ether oxygens (including phenoxy) is 2. The molecule has 0 aromatic heterocycles. The minimum atomic E-state index is -0.615. The fraction of sp³-hybridized carbons (Fsp3) is 0.194. The van der Waals surface area contributed by atoms with Gasteiger partial charge in [-0.3, -0.25) is 19.3 Å². The summed E-state index contributed by atoms with van der Waals surface area (Å²) in [6, 6.07) is 17.0. The van der Waals surface area contributed by atoms with E-state index in [-0.39, 0.29) is 10.6 Å². The van der Waals surface area contributed by atoms with Gasteiger partial charge in [-0.05, 0) is 79.6 Å². The van der Waals surface area contributed by atoms with E-state index in [0.29, 0.717) is 36.7 Å². The number of rotatable bonds is 11. The van der Waals surface area contributed by atoms with Crippen molar-refractivity contribution in [2.75, 3.05) is 18.5 Å². The molecule has 3 aromatic rings. The Labute approximate surface area is 236 Å². The molecule has 0 aliphatic carbocycles. The molecule has 7 nitrogen and oxygen atoms in total. The zero-order valence-electron chi connectivity index (χ0n) is 22.2. The lowest BCUT2D eigenvalue weighted by molar-refractivity contribution is -0.127. The lowest BCUT2D eigenvalue weighted by Crippen LogP contribution is -2.36. The number of thioether (sulfide) groups is 1. The van der Waals surface area contributed by atoms with Gasteiger partial charge in [0.25, 0.3) is 11.1 Å². The van der Waals surface area contributed by atoms with Crippen molar-refractivity contribution in [3.63, 3.8) is 0 Å². The van der Waals surface area contributed by atoms with Gasteiger partial charge in [0, 0.05) is 11.3 Å². The van der Waals surface area contributed by atoms with Crippen LogP contribution in [-0.4, -0.2) is 35.1 Å². The Bertz CT molecular complexity index is 1470. The summed E-state index contributed by atoms with van der Waals surface area (Å²) in [4.78, 5) is 39.1. The lowest BCUT2D eigenvalue weighted by atomic mass is 10.0. The van der Waals surface area contributed by atoms with Crippen LogP contribution in [0.25, 0.3) is 6.08 Å². The summed E-state index contributed by atoms with van der Waals surface area (Å²) in [5.41, 5.74) is 3.85. The maximum absolute atomic E-state index is 13.4. The molecule has 0 unspecified atom stereocenters. The van der Waals surface area contributed by atoms with E-state index in [2.05, 4.69) is 11.9 Å². The van der Waals surface area contributed by atoms with Crippen LogP contribution < -0.4 is 14.8 Å². The third-order valence-electron chi connectivity index (χ3n) is 5.90. The number of imide groups is 1. The summed E-state index contributed by atoms with van der Waals surface area (Å²) in [5, 5.41) is 1.93. The SMILES string of the molecule is C=CCc1cc(/C=C2/SC(=O)N(CC(=O)Nc3cccc(F)c3)C2=O)cc(OCC)c1OCc1ccc(C)cc1. The first-order valence-corrected chi connectivity index (χ1v) is 13.5.